The highest BCUT2D eigenvalue weighted by molar-refractivity contribution is 6.31. The van der Waals surface area contributed by atoms with Crippen molar-refractivity contribution in [3.8, 4) is 16.9 Å². The number of hydrogen-bond donors (Lipinski definition) is 0. The van der Waals surface area contributed by atoms with Gasteiger partial charge in [0.1, 0.15) is 11.9 Å². The van der Waals surface area contributed by atoms with E-state index in [1.165, 1.54) is 13.3 Å². The van der Waals surface area contributed by atoms with Crippen LogP contribution in [0.5, 0.6) is 5.75 Å². The molecule has 22 heavy (non-hydrogen) atoms. The number of nitrogens with zero attached hydrogens (tertiary/aromatic N) is 2. The Kier molecular flexibility index (Phi) is 3.65. The number of aromatic nitrogens is 1. The molecule has 0 atom stereocenters. The summed E-state index contributed by atoms with van der Waals surface area (Å²) in [4.78, 5) is 15.1. The predicted molar refractivity (Wildman–Crippen MR) is 85.4 cm³/mol. The molecule has 0 spiro atoms. The lowest BCUT2D eigenvalue weighted by Gasteiger charge is -2.11. The average Bonchev–Trinajstić information content (AvgIpc) is 2.53. The van der Waals surface area contributed by atoms with Gasteiger partial charge in [-0.05, 0) is 24.3 Å². The first kappa shape index (κ1) is 14.3. The van der Waals surface area contributed by atoms with Gasteiger partial charge in [-0.25, -0.2) is 4.98 Å². The number of methoxy groups -OCH3 is 1. The Morgan fingerprint density at radius 3 is 2.73 bits per heavy atom. The Morgan fingerprint density at radius 2 is 2.00 bits per heavy atom. The van der Waals surface area contributed by atoms with Crippen LogP contribution in [0, 0.1) is 10.1 Å². The molecule has 0 unspecified atom stereocenters. The van der Waals surface area contributed by atoms with Crippen molar-refractivity contribution < 1.29 is 9.66 Å². The number of benzene rings is 2. The number of rotatable bonds is 3. The molecule has 5 nitrogen and oxygen atoms in total. The summed E-state index contributed by atoms with van der Waals surface area (Å²) in [5.74, 6) is 0.554. The Bertz CT molecular complexity index is 880. The van der Waals surface area contributed by atoms with Gasteiger partial charge in [-0.3, -0.25) is 10.1 Å². The standard InChI is InChI=1S/C16H11ClN2O3/c1-22-15-5-3-2-4-11(15)16-12-8-10(17)6-7-13(12)18-9-14(16)19(20)21/h2-9H,1H3. The Morgan fingerprint density at radius 1 is 1.23 bits per heavy atom. The van der Waals surface area contributed by atoms with Crippen LogP contribution in [0.1, 0.15) is 0 Å². The lowest BCUT2D eigenvalue weighted by Crippen LogP contribution is -1.97. The van der Waals surface area contributed by atoms with Crippen LogP contribution in [-0.2, 0) is 0 Å². The third-order valence-electron chi connectivity index (χ3n) is 3.38. The molecule has 3 rings (SSSR count). The van der Waals surface area contributed by atoms with E-state index in [-0.39, 0.29) is 5.69 Å². The Hall–Kier alpha value is -2.66. The summed E-state index contributed by atoms with van der Waals surface area (Å²) in [5.41, 5.74) is 1.64. The molecule has 6 heteroatoms. The van der Waals surface area contributed by atoms with Gasteiger partial charge in [0, 0.05) is 16.0 Å². The summed E-state index contributed by atoms with van der Waals surface area (Å²) >= 11 is 6.05. The van der Waals surface area contributed by atoms with Crippen molar-refractivity contribution in [2.45, 2.75) is 0 Å². The largest absolute Gasteiger partial charge is 0.496 e. The molecule has 0 N–H and O–H groups in total. The van der Waals surface area contributed by atoms with Crippen LogP contribution < -0.4 is 4.74 Å². The fourth-order valence-electron chi connectivity index (χ4n) is 2.43. The zero-order chi connectivity index (χ0) is 15.7. The van der Waals surface area contributed by atoms with Crippen molar-refractivity contribution in [1.29, 1.82) is 0 Å². The molecule has 110 valence electrons. The van der Waals surface area contributed by atoms with E-state index < -0.39 is 4.92 Å². The van der Waals surface area contributed by atoms with Crippen LogP contribution in [0.2, 0.25) is 5.02 Å². The first-order valence-corrected chi connectivity index (χ1v) is 6.85. The van der Waals surface area contributed by atoms with E-state index in [1.54, 1.807) is 36.4 Å². The molecule has 2 aromatic carbocycles. The first-order valence-electron chi connectivity index (χ1n) is 6.48. The van der Waals surface area contributed by atoms with Crippen molar-refractivity contribution in [1.82, 2.24) is 4.98 Å². The highest BCUT2D eigenvalue weighted by Gasteiger charge is 2.22. The van der Waals surface area contributed by atoms with Crippen LogP contribution in [0.3, 0.4) is 0 Å². The molecule has 0 bridgehead atoms. The number of para-hydroxylation sites is 1. The van der Waals surface area contributed by atoms with Crippen molar-refractivity contribution >= 4 is 28.2 Å². The fraction of sp³-hybridized carbons (Fsp3) is 0.0625. The molecular weight excluding hydrogens is 304 g/mol. The molecule has 0 aliphatic rings. The van der Waals surface area contributed by atoms with Gasteiger partial charge in [-0.1, -0.05) is 29.8 Å². The van der Waals surface area contributed by atoms with Crippen LogP contribution in [0.25, 0.3) is 22.0 Å². The normalized spacial score (nSPS) is 10.6. The maximum Gasteiger partial charge on any atom is 0.296 e. The van der Waals surface area contributed by atoms with Crippen molar-refractivity contribution in [2.75, 3.05) is 7.11 Å². The third kappa shape index (κ3) is 2.35. The van der Waals surface area contributed by atoms with E-state index >= 15 is 0 Å². The quantitative estimate of drug-likeness (QED) is 0.528. The highest BCUT2D eigenvalue weighted by Crippen LogP contribution is 2.40. The first-order chi connectivity index (χ1) is 10.6. The molecule has 3 aromatic rings. The second-order valence-electron chi connectivity index (χ2n) is 4.64. The smallest absolute Gasteiger partial charge is 0.296 e. The number of halogens is 1. The molecular formula is C16H11ClN2O3. The van der Waals surface area contributed by atoms with Crippen LogP contribution in [-0.4, -0.2) is 17.0 Å². The number of hydrogen-bond acceptors (Lipinski definition) is 4. The monoisotopic (exact) mass is 314 g/mol. The van der Waals surface area contributed by atoms with Crippen molar-refractivity contribution in [3.05, 3.63) is 63.8 Å². The molecule has 0 aliphatic carbocycles. The number of pyridine rings is 1. The van der Waals surface area contributed by atoms with Gasteiger partial charge in [0.15, 0.2) is 0 Å². The summed E-state index contributed by atoms with van der Waals surface area (Å²) in [6, 6.07) is 12.3. The lowest BCUT2D eigenvalue weighted by atomic mass is 9.99. The zero-order valence-electron chi connectivity index (χ0n) is 11.6. The van der Waals surface area contributed by atoms with Gasteiger partial charge in [-0.2, -0.15) is 0 Å². The second kappa shape index (κ2) is 5.61. The Balaban J connectivity index is 2.46. The number of ether oxygens (including phenoxy) is 1. The SMILES string of the molecule is COc1ccccc1-c1c([N+](=O)[O-])cnc2ccc(Cl)cc12. The summed E-state index contributed by atoms with van der Waals surface area (Å²) in [5, 5.41) is 12.5. The maximum absolute atomic E-state index is 11.4. The molecule has 1 heterocycles. The van der Waals surface area contributed by atoms with Gasteiger partial charge in [-0.15, -0.1) is 0 Å². The molecule has 0 radical (unpaired) electrons. The average molecular weight is 315 g/mol. The molecule has 0 amide bonds. The fourth-order valence-corrected chi connectivity index (χ4v) is 2.60. The highest BCUT2D eigenvalue weighted by atomic mass is 35.5. The lowest BCUT2D eigenvalue weighted by molar-refractivity contribution is -0.384. The minimum atomic E-state index is -0.449. The van der Waals surface area contributed by atoms with E-state index in [0.29, 0.717) is 32.8 Å². The molecule has 0 saturated heterocycles. The maximum atomic E-state index is 11.4. The minimum absolute atomic E-state index is 0.0840. The molecule has 0 fully saturated rings. The van der Waals surface area contributed by atoms with Gasteiger partial charge in [0.2, 0.25) is 0 Å². The molecule has 0 saturated carbocycles. The summed E-state index contributed by atoms with van der Waals surface area (Å²) in [7, 11) is 1.53. The van der Waals surface area contributed by atoms with Crippen molar-refractivity contribution in [3.63, 3.8) is 0 Å². The second-order valence-corrected chi connectivity index (χ2v) is 5.07. The summed E-state index contributed by atoms with van der Waals surface area (Å²) < 4.78 is 5.34. The molecule has 1 aromatic heterocycles. The predicted octanol–water partition coefficient (Wildman–Crippen LogP) is 4.47. The van der Waals surface area contributed by atoms with Gasteiger partial charge in [0.05, 0.1) is 23.1 Å². The van der Waals surface area contributed by atoms with E-state index in [2.05, 4.69) is 4.98 Å². The topological polar surface area (TPSA) is 65.3 Å². The zero-order valence-corrected chi connectivity index (χ0v) is 12.4. The van der Waals surface area contributed by atoms with E-state index in [4.69, 9.17) is 16.3 Å². The van der Waals surface area contributed by atoms with Gasteiger partial charge in [0.25, 0.3) is 5.69 Å². The Labute approximate surface area is 131 Å². The van der Waals surface area contributed by atoms with E-state index in [9.17, 15) is 10.1 Å². The van der Waals surface area contributed by atoms with Gasteiger partial charge < -0.3 is 4.74 Å². The minimum Gasteiger partial charge on any atom is -0.496 e. The summed E-state index contributed by atoms with van der Waals surface area (Å²) in [6.45, 7) is 0. The van der Waals surface area contributed by atoms with Crippen molar-refractivity contribution in [2.24, 2.45) is 0 Å². The molecule has 0 aliphatic heterocycles. The third-order valence-corrected chi connectivity index (χ3v) is 3.62. The van der Waals surface area contributed by atoms with Crippen LogP contribution in [0.4, 0.5) is 5.69 Å². The van der Waals surface area contributed by atoms with Crippen LogP contribution >= 0.6 is 11.6 Å². The van der Waals surface area contributed by atoms with Gasteiger partial charge >= 0.3 is 0 Å². The number of fused-ring (bicyclic) bond motifs is 1. The van der Waals surface area contributed by atoms with Crippen LogP contribution in [0.15, 0.2) is 48.7 Å². The van der Waals surface area contributed by atoms with E-state index in [1.807, 2.05) is 6.07 Å². The summed E-state index contributed by atoms with van der Waals surface area (Å²) in [6.07, 6.45) is 1.26. The van der Waals surface area contributed by atoms with E-state index in [0.717, 1.165) is 0 Å². The number of nitro groups is 1.